The van der Waals surface area contributed by atoms with E-state index in [1.54, 1.807) is 0 Å². The van der Waals surface area contributed by atoms with Crippen LogP contribution in [0.25, 0.3) is 0 Å². The van der Waals surface area contributed by atoms with Crippen LogP contribution in [0.4, 0.5) is 0 Å². The highest BCUT2D eigenvalue weighted by Gasteiger charge is 2.24. The van der Waals surface area contributed by atoms with E-state index >= 15 is 0 Å². The first-order valence-electron chi connectivity index (χ1n) is 6.64. The summed E-state index contributed by atoms with van der Waals surface area (Å²) in [6, 6.07) is 1.17. The lowest BCUT2D eigenvalue weighted by molar-refractivity contribution is 0.110. The van der Waals surface area contributed by atoms with E-state index < -0.39 is 0 Å². The van der Waals surface area contributed by atoms with Crippen molar-refractivity contribution in [2.45, 2.75) is 65.0 Å². The molecule has 3 atom stereocenters. The summed E-state index contributed by atoms with van der Waals surface area (Å²) in [6.45, 7) is 9.44. The Morgan fingerprint density at radius 3 is 2.73 bits per heavy atom. The summed E-state index contributed by atoms with van der Waals surface area (Å²) < 4.78 is 0. The molecule has 2 nitrogen and oxygen atoms in total. The third kappa shape index (κ3) is 4.12. The minimum absolute atomic E-state index is 0.416. The normalized spacial score (nSPS) is 30.4. The van der Waals surface area contributed by atoms with Gasteiger partial charge in [-0.25, -0.2) is 0 Å². The molecule has 0 aromatic heterocycles. The van der Waals surface area contributed by atoms with E-state index in [1.807, 2.05) is 0 Å². The molecule has 1 aliphatic rings. The third-order valence-electron chi connectivity index (χ3n) is 3.95. The highest BCUT2D eigenvalue weighted by atomic mass is 15.2. The van der Waals surface area contributed by atoms with Gasteiger partial charge in [0.15, 0.2) is 0 Å². The second kappa shape index (κ2) is 6.49. The zero-order chi connectivity index (χ0) is 11.3. The van der Waals surface area contributed by atoms with Crippen molar-refractivity contribution in [2.75, 3.05) is 13.1 Å². The van der Waals surface area contributed by atoms with Gasteiger partial charge in [0.25, 0.3) is 0 Å². The lowest BCUT2D eigenvalue weighted by Gasteiger charge is -2.38. The highest BCUT2D eigenvalue weighted by molar-refractivity contribution is 4.79. The number of hydrogen-bond donors (Lipinski definition) is 1. The van der Waals surface area contributed by atoms with Crippen LogP contribution in [0.3, 0.4) is 0 Å². The maximum absolute atomic E-state index is 6.05. The van der Waals surface area contributed by atoms with Gasteiger partial charge in [-0.2, -0.15) is 0 Å². The van der Waals surface area contributed by atoms with Gasteiger partial charge < -0.3 is 10.6 Å². The van der Waals surface area contributed by atoms with E-state index in [4.69, 9.17) is 5.73 Å². The fraction of sp³-hybridized carbons (Fsp3) is 1.00. The number of likely N-dealkylation sites (tertiary alicyclic amines) is 1. The van der Waals surface area contributed by atoms with Crippen molar-refractivity contribution < 1.29 is 0 Å². The lowest BCUT2D eigenvalue weighted by atomic mass is 9.91. The molecule has 0 saturated carbocycles. The number of nitrogens with zero attached hydrogens (tertiary/aromatic N) is 1. The van der Waals surface area contributed by atoms with E-state index in [0.29, 0.717) is 6.04 Å². The molecular formula is C13H28N2. The number of hydrogen-bond acceptors (Lipinski definition) is 2. The average Bonchev–Trinajstić information content (AvgIpc) is 2.21. The lowest BCUT2D eigenvalue weighted by Crippen LogP contribution is -2.44. The van der Waals surface area contributed by atoms with E-state index in [2.05, 4.69) is 25.7 Å². The molecule has 90 valence electrons. The molecule has 0 radical (unpaired) electrons. The Hall–Kier alpha value is -0.0800. The number of rotatable bonds is 5. The van der Waals surface area contributed by atoms with E-state index in [9.17, 15) is 0 Å². The average molecular weight is 212 g/mol. The van der Waals surface area contributed by atoms with Crippen molar-refractivity contribution in [3.63, 3.8) is 0 Å². The molecule has 15 heavy (non-hydrogen) atoms. The predicted molar refractivity (Wildman–Crippen MR) is 66.9 cm³/mol. The largest absolute Gasteiger partial charge is 0.328 e. The van der Waals surface area contributed by atoms with Crippen LogP contribution in [0.15, 0.2) is 0 Å². The molecule has 0 spiro atoms. The van der Waals surface area contributed by atoms with Crippen LogP contribution in [-0.4, -0.2) is 30.1 Å². The van der Waals surface area contributed by atoms with Crippen molar-refractivity contribution in [2.24, 2.45) is 11.7 Å². The van der Waals surface area contributed by atoms with Crippen LogP contribution in [0.5, 0.6) is 0 Å². The van der Waals surface area contributed by atoms with Crippen LogP contribution in [0.2, 0.25) is 0 Å². The first-order valence-corrected chi connectivity index (χ1v) is 6.64. The molecule has 3 unspecified atom stereocenters. The Morgan fingerprint density at radius 2 is 2.07 bits per heavy atom. The summed E-state index contributed by atoms with van der Waals surface area (Å²) in [7, 11) is 0. The summed E-state index contributed by atoms with van der Waals surface area (Å²) in [5, 5.41) is 0. The minimum atomic E-state index is 0.416. The molecule has 0 amide bonds. The van der Waals surface area contributed by atoms with Crippen LogP contribution < -0.4 is 5.73 Å². The number of nitrogens with two attached hydrogens (primary N) is 1. The van der Waals surface area contributed by atoms with Crippen LogP contribution in [-0.2, 0) is 0 Å². The molecule has 0 bridgehead atoms. The standard InChI is InChI=1S/C13H28N2/c1-4-6-13(14)8-10-15-9-5-7-11(2)12(15)3/h11-13H,4-10,14H2,1-3H3. The van der Waals surface area contributed by atoms with Crippen molar-refractivity contribution in [1.82, 2.24) is 4.90 Å². The van der Waals surface area contributed by atoms with Gasteiger partial charge in [-0.15, -0.1) is 0 Å². The van der Waals surface area contributed by atoms with Crippen LogP contribution >= 0.6 is 0 Å². The van der Waals surface area contributed by atoms with Gasteiger partial charge in [-0.3, -0.25) is 0 Å². The Balaban J connectivity index is 2.25. The van der Waals surface area contributed by atoms with Gasteiger partial charge in [0.2, 0.25) is 0 Å². The van der Waals surface area contributed by atoms with E-state index in [0.717, 1.165) is 12.0 Å². The molecule has 2 N–H and O–H groups in total. The Labute approximate surface area is 95.2 Å². The van der Waals surface area contributed by atoms with Gasteiger partial charge in [0.05, 0.1) is 0 Å². The first kappa shape index (κ1) is 13.0. The van der Waals surface area contributed by atoms with Gasteiger partial charge in [-0.05, 0) is 51.6 Å². The molecule has 1 aliphatic heterocycles. The smallest absolute Gasteiger partial charge is 0.00925 e. The third-order valence-corrected chi connectivity index (χ3v) is 3.95. The predicted octanol–water partition coefficient (Wildman–Crippen LogP) is 2.62. The van der Waals surface area contributed by atoms with Gasteiger partial charge in [-0.1, -0.05) is 20.3 Å². The van der Waals surface area contributed by atoms with Crippen molar-refractivity contribution in [3.05, 3.63) is 0 Å². The molecule has 2 heteroatoms. The first-order chi connectivity index (χ1) is 7.15. The molecule has 1 rings (SSSR count). The highest BCUT2D eigenvalue weighted by Crippen LogP contribution is 2.22. The summed E-state index contributed by atoms with van der Waals surface area (Å²) in [5.41, 5.74) is 6.05. The molecular weight excluding hydrogens is 184 g/mol. The molecule has 0 aromatic carbocycles. The van der Waals surface area contributed by atoms with E-state index in [1.165, 1.54) is 45.2 Å². The zero-order valence-electron chi connectivity index (χ0n) is 10.7. The summed E-state index contributed by atoms with van der Waals surface area (Å²) in [4.78, 5) is 2.63. The van der Waals surface area contributed by atoms with E-state index in [-0.39, 0.29) is 0 Å². The van der Waals surface area contributed by atoms with Crippen molar-refractivity contribution >= 4 is 0 Å². The van der Waals surface area contributed by atoms with Gasteiger partial charge >= 0.3 is 0 Å². The fourth-order valence-electron chi connectivity index (χ4n) is 2.58. The van der Waals surface area contributed by atoms with Crippen molar-refractivity contribution in [1.29, 1.82) is 0 Å². The molecule has 0 aliphatic carbocycles. The minimum Gasteiger partial charge on any atom is -0.328 e. The molecule has 1 fully saturated rings. The van der Waals surface area contributed by atoms with Gasteiger partial charge in [0, 0.05) is 12.1 Å². The molecule has 1 saturated heterocycles. The maximum Gasteiger partial charge on any atom is 0.00925 e. The van der Waals surface area contributed by atoms with Crippen LogP contribution in [0, 0.1) is 5.92 Å². The second-order valence-corrected chi connectivity index (χ2v) is 5.23. The monoisotopic (exact) mass is 212 g/mol. The summed E-state index contributed by atoms with van der Waals surface area (Å²) in [5.74, 6) is 0.862. The Bertz CT molecular complexity index is 170. The maximum atomic E-state index is 6.05. The molecule has 0 aromatic rings. The SMILES string of the molecule is CCCC(N)CCN1CCCC(C)C1C. The summed E-state index contributed by atoms with van der Waals surface area (Å²) >= 11 is 0. The topological polar surface area (TPSA) is 29.3 Å². The van der Waals surface area contributed by atoms with Crippen LogP contribution in [0.1, 0.15) is 52.9 Å². The Kier molecular flexibility index (Phi) is 5.62. The number of piperidine rings is 1. The van der Waals surface area contributed by atoms with Crippen molar-refractivity contribution in [3.8, 4) is 0 Å². The Morgan fingerprint density at radius 1 is 1.33 bits per heavy atom. The van der Waals surface area contributed by atoms with Gasteiger partial charge in [0.1, 0.15) is 0 Å². The summed E-state index contributed by atoms with van der Waals surface area (Å²) in [6.07, 6.45) is 6.34. The zero-order valence-corrected chi connectivity index (χ0v) is 10.7. The molecule has 1 heterocycles. The quantitative estimate of drug-likeness (QED) is 0.759. The fourth-order valence-corrected chi connectivity index (χ4v) is 2.58. The second-order valence-electron chi connectivity index (χ2n) is 5.23.